The fraction of sp³-hybridized carbons (Fsp3) is 0.909. The van der Waals surface area contributed by atoms with E-state index in [9.17, 15) is 4.79 Å². The zero-order valence-electron chi connectivity index (χ0n) is 9.84. The SMILES string of the molecule is CCC(CC)C(NCC(C)C)C(N)=O. The zero-order chi connectivity index (χ0) is 11.1. The third-order valence-corrected chi connectivity index (χ3v) is 2.57. The van der Waals surface area contributed by atoms with Gasteiger partial charge in [0.25, 0.3) is 0 Å². The Kier molecular flexibility index (Phi) is 6.54. The van der Waals surface area contributed by atoms with Gasteiger partial charge in [-0.15, -0.1) is 0 Å². The maximum Gasteiger partial charge on any atom is 0.234 e. The van der Waals surface area contributed by atoms with Crippen LogP contribution in [-0.4, -0.2) is 18.5 Å². The minimum absolute atomic E-state index is 0.160. The van der Waals surface area contributed by atoms with Crippen molar-refractivity contribution >= 4 is 5.91 Å². The lowest BCUT2D eigenvalue weighted by Gasteiger charge is -2.24. The molecule has 0 aliphatic heterocycles. The fourth-order valence-electron chi connectivity index (χ4n) is 1.62. The van der Waals surface area contributed by atoms with E-state index in [0.717, 1.165) is 19.4 Å². The minimum Gasteiger partial charge on any atom is -0.368 e. The number of carbonyl (C=O) groups excluding carboxylic acids is 1. The molecule has 0 rings (SSSR count). The lowest BCUT2D eigenvalue weighted by Crippen LogP contribution is -2.47. The molecule has 1 amide bonds. The summed E-state index contributed by atoms with van der Waals surface area (Å²) in [6.07, 6.45) is 1.99. The van der Waals surface area contributed by atoms with Crippen molar-refractivity contribution in [1.82, 2.24) is 5.32 Å². The van der Waals surface area contributed by atoms with Gasteiger partial charge >= 0.3 is 0 Å². The molecule has 0 spiro atoms. The van der Waals surface area contributed by atoms with Gasteiger partial charge in [-0.3, -0.25) is 4.79 Å². The number of carbonyl (C=O) groups is 1. The monoisotopic (exact) mass is 200 g/mol. The Hall–Kier alpha value is -0.570. The number of rotatable bonds is 7. The average Bonchev–Trinajstić information content (AvgIpc) is 2.11. The summed E-state index contributed by atoms with van der Waals surface area (Å²) in [6, 6.07) is -0.160. The molecule has 0 aromatic carbocycles. The lowest BCUT2D eigenvalue weighted by atomic mass is 9.93. The first-order valence-corrected chi connectivity index (χ1v) is 5.55. The van der Waals surface area contributed by atoms with Crippen LogP contribution in [0.4, 0.5) is 0 Å². The van der Waals surface area contributed by atoms with Gasteiger partial charge in [0.1, 0.15) is 0 Å². The summed E-state index contributed by atoms with van der Waals surface area (Å²) in [5.41, 5.74) is 5.37. The number of amides is 1. The van der Waals surface area contributed by atoms with Crippen molar-refractivity contribution in [3.05, 3.63) is 0 Å². The molecule has 0 aliphatic carbocycles. The van der Waals surface area contributed by atoms with Crippen molar-refractivity contribution in [2.24, 2.45) is 17.6 Å². The largest absolute Gasteiger partial charge is 0.368 e. The molecular weight excluding hydrogens is 176 g/mol. The molecule has 0 radical (unpaired) electrons. The molecule has 0 heterocycles. The van der Waals surface area contributed by atoms with E-state index >= 15 is 0 Å². The van der Waals surface area contributed by atoms with Crippen LogP contribution in [0, 0.1) is 11.8 Å². The highest BCUT2D eigenvalue weighted by molar-refractivity contribution is 5.80. The average molecular weight is 200 g/mol. The van der Waals surface area contributed by atoms with Gasteiger partial charge in [0.2, 0.25) is 5.91 Å². The molecular formula is C11H24N2O. The molecule has 84 valence electrons. The number of nitrogens with one attached hydrogen (secondary N) is 1. The van der Waals surface area contributed by atoms with Gasteiger partial charge in [0.15, 0.2) is 0 Å². The summed E-state index contributed by atoms with van der Waals surface area (Å²) in [7, 11) is 0. The molecule has 0 aromatic rings. The second kappa shape index (κ2) is 6.82. The molecule has 0 aromatic heterocycles. The van der Waals surface area contributed by atoms with E-state index in [1.807, 2.05) is 0 Å². The molecule has 3 N–H and O–H groups in total. The first kappa shape index (κ1) is 13.4. The first-order valence-electron chi connectivity index (χ1n) is 5.55. The highest BCUT2D eigenvalue weighted by Gasteiger charge is 2.23. The number of hydrogen-bond donors (Lipinski definition) is 2. The molecule has 0 saturated heterocycles. The molecule has 3 heteroatoms. The Morgan fingerprint density at radius 2 is 1.79 bits per heavy atom. The van der Waals surface area contributed by atoms with Crippen LogP contribution < -0.4 is 11.1 Å². The number of nitrogens with two attached hydrogens (primary N) is 1. The van der Waals surface area contributed by atoms with Crippen molar-refractivity contribution in [3.63, 3.8) is 0 Å². The highest BCUT2D eigenvalue weighted by atomic mass is 16.1. The van der Waals surface area contributed by atoms with Crippen molar-refractivity contribution in [2.45, 2.75) is 46.6 Å². The Morgan fingerprint density at radius 1 is 1.29 bits per heavy atom. The quantitative estimate of drug-likeness (QED) is 0.654. The van der Waals surface area contributed by atoms with E-state index in [1.165, 1.54) is 0 Å². The molecule has 0 saturated carbocycles. The van der Waals surface area contributed by atoms with Crippen molar-refractivity contribution in [2.75, 3.05) is 6.54 Å². The Balaban J connectivity index is 4.20. The topological polar surface area (TPSA) is 55.1 Å². The summed E-state index contributed by atoms with van der Waals surface area (Å²) in [5.74, 6) is 0.691. The normalized spacial score (nSPS) is 13.6. The lowest BCUT2D eigenvalue weighted by molar-refractivity contribution is -0.121. The van der Waals surface area contributed by atoms with Crippen molar-refractivity contribution in [3.8, 4) is 0 Å². The molecule has 0 bridgehead atoms. The van der Waals surface area contributed by atoms with Gasteiger partial charge < -0.3 is 11.1 Å². The molecule has 0 fully saturated rings. The number of hydrogen-bond acceptors (Lipinski definition) is 2. The maximum absolute atomic E-state index is 11.2. The molecule has 1 atom stereocenters. The van der Waals surface area contributed by atoms with E-state index in [-0.39, 0.29) is 11.9 Å². The second-order valence-electron chi connectivity index (χ2n) is 4.26. The summed E-state index contributed by atoms with van der Waals surface area (Å²) in [5, 5.41) is 3.25. The van der Waals surface area contributed by atoms with Crippen molar-refractivity contribution < 1.29 is 4.79 Å². The van der Waals surface area contributed by atoms with E-state index in [0.29, 0.717) is 11.8 Å². The Morgan fingerprint density at radius 3 is 2.07 bits per heavy atom. The first-order chi connectivity index (χ1) is 6.52. The predicted octanol–water partition coefficient (Wildman–Crippen LogP) is 1.52. The summed E-state index contributed by atoms with van der Waals surface area (Å²) in [6.45, 7) is 9.29. The van der Waals surface area contributed by atoms with E-state index in [1.54, 1.807) is 0 Å². The van der Waals surface area contributed by atoms with Crippen LogP contribution in [0.3, 0.4) is 0 Å². The van der Waals surface area contributed by atoms with E-state index in [4.69, 9.17) is 5.73 Å². The van der Waals surface area contributed by atoms with Crippen molar-refractivity contribution in [1.29, 1.82) is 0 Å². The smallest absolute Gasteiger partial charge is 0.234 e. The molecule has 1 unspecified atom stereocenters. The summed E-state index contributed by atoms with van der Waals surface area (Å²) >= 11 is 0. The van der Waals surface area contributed by atoms with Gasteiger partial charge in [-0.2, -0.15) is 0 Å². The van der Waals surface area contributed by atoms with Gasteiger partial charge in [0, 0.05) is 0 Å². The summed E-state index contributed by atoms with van der Waals surface area (Å²) in [4.78, 5) is 11.2. The van der Waals surface area contributed by atoms with Crippen LogP contribution in [0.2, 0.25) is 0 Å². The van der Waals surface area contributed by atoms with Crippen LogP contribution >= 0.6 is 0 Å². The standard InChI is InChI=1S/C11H24N2O/c1-5-9(6-2)10(11(12)14)13-7-8(3)4/h8-10,13H,5-7H2,1-4H3,(H2,12,14). The Labute approximate surface area is 87.4 Å². The molecule has 0 aliphatic rings. The van der Waals surface area contributed by atoms with Crippen LogP contribution in [0.5, 0.6) is 0 Å². The van der Waals surface area contributed by atoms with Crippen LogP contribution in [0.15, 0.2) is 0 Å². The van der Waals surface area contributed by atoms with E-state index < -0.39 is 0 Å². The van der Waals surface area contributed by atoms with E-state index in [2.05, 4.69) is 33.0 Å². The van der Waals surface area contributed by atoms with Crippen LogP contribution in [-0.2, 0) is 4.79 Å². The van der Waals surface area contributed by atoms with Gasteiger partial charge in [-0.1, -0.05) is 40.5 Å². The van der Waals surface area contributed by atoms with Crippen LogP contribution in [0.1, 0.15) is 40.5 Å². The predicted molar refractivity (Wildman–Crippen MR) is 59.9 cm³/mol. The highest BCUT2D eigenvalue weighted by Crippen LogP contribution is 2.13. The molecule has 14 heavy (non-hydrogen) atoms. The van der Waals surface area contributed by atoms with Crippen LogP contribution in [0.25, 0.3) is 0 Å². The van der Waals surface area contributed by atoms with Gasteiger partial charge in [-0.25, -0.2) is 0 Å². The maximum atomic E-state index is 11.2. The third-order valence-electron chi connectivity index (χ3n) is 2.57. The Bertz CT molecular complexity index is 165. The van der Waals surface area contributed by atoms with Gasteiger partial charge in [0.05, 0.1) is 6.04 Å². The minimum atomic E-state index is -0.223. The zero-order valence-corrected chi connectivity index (χ0v) is 9.84. The summed E-state index contributed by atoms with van der Waals surface area (Å²) < 4.78 is 0. The van der Waals surface area contributed by atoms with Gasteiger partial charge in [-0.05, 0) is 18.4 Å². The second-order valence-corrected chi connectivity index (χ2v) is 4.26. The fourth-order valence-corrected chi connectivity index (χ4v) is 1.62. The molecule has 3 nitrogen and oxygen atoms in total. The number of primary amides is 1. The third kappa shape index (κ3) is 4.61.